The third-order valence-corrected chi connectivity index (χ3v) is 2.94. The van der Waals surface area contributed by atoms with E-state index < -0.39 is 6.10 Å². The van der Waals surface area contributed by atoms with E-state index in [4.69, 9.17) is 11.6 Å². The van der Waals surface area contributed by atoms with Crippen LogP contribution in [-0.4, -0.2) is 27.5 Å². The van der Waals surface area contributed by atoms with E-state index in [9.17, 15) is 9.90 Å². The van der Waals surface area contributed by atoms with Gasteiger partial charge in [0.2, 0.25) is 5.91 Å². The van der Waals surface area contributed by atoms with E-state index in [1.165, 1.54) is 6.08 Å². The second-order valence-electron chi connectivity index (χ2n) is 4.29. The third kappa shape index (κ3) is 4.98. The number of rotatable bonds is 5. The van der Waals surface area contributed by atoms with Gasteiger partial charge in [-0.2, -0.15) is 0 Å². The van der Waals surface area contributed by atoms with Crippen molar-refractivity contribution >= 4 is 23.6 Å². The molecule has 2 heterocycles. The van der Waals surface area contributed by atoms with Crippen molar-refractivity contribution < 1.29 is 9.90 Å². The second-order valence-corrected chi connectivity index (χ2v) is 4.67. The van der Waals surface area contributed by atoms with Crippen molar-refractivity contribution in [2.75, 3.05) is 6.54 Å². The molecule has 108 valence electrons. The number of nitrogens with one attached hydrogen (secondary N) is 1. The first-order valence-corrected chi connectivity index (χ1v) is 6.68. The number of aromatic nitrogens is 2. The molecule has 0 aliphatic heterocycles. The van der Waals surface area contributed by atoms with Crippen molar-refractivity contribution in [2.45, 2.75) is 6.10 Å². The van der Waals surface area contributed by atoms with Crippen molar-refractivity contribution in [2.24, 2.45) is 0 Å². The largest absolute Gasteiger partial charge is 0.387 e. The number of hydrogen-bond acceptors (Lipinski definition) is 4. The van der Waals surface area contributed by atoms with Crippen LogP contribution in [0.3, 0.4) is 0 Å². The van der Waals surface area contributed by atoms with Gasteiger partial charge < -0.3 is 10.4 Å². The van der Waals surface area contributed by atoms with E-state index in [-0.39, 0.29) is 12.5 Å². The number of pyridine rings is 2. The molecular formula is C15H14ClN3O2. The van der Waals surface area contributed by atoms with Gasteiger partial charge in [0.15, 0.2) is 0 Å². The zero-order valence-corrected chi connectivity index (χ0v) is 11.9. The molecule has 0 saturated carbocycles. The maximum absolute atomic E-state index is 11.7. The highest BCUT2D eigenvalue weighted by atomic mass is 35.5. The second kappa shape index (κ2) is 7.52. The average molecular weight is 304 g/mol. The lowest BCUT2D eigenvalue weighted by molar-refractivity contribution is -0.116. The number of aliphatic hydroxyl groups is 1. The smallest absolute Gasteiger partial charge is 0.244 e. The van der Waals surface area contributed by atoms with Gasteiger partial charge in [0.25, 0.3) is 0 Å². The summed E-state index contributed by atoms with van der Waals surface area (Å²) in [5, 5.41) is 12.9. The quantitative estimate of drug-likeness (QED) is 0.654. The van der Waals surface area contributed by atoms with Crippen molar-refractivity contribution in [3.8, 4) is 0 Å². The van der Waals surface area contributed by atoms with Gasteiger partial charge in [-0.1, -0.05) is 11.6 Å². The zero-order valence-electron chi connectivity index (χ0n) is 11.1. The Balaban J connectivity index is 1.85. The van der Waals surface area contributed by atoms with Crippen LogP contribution in [0.4, 0.5) is 0 Å². The van der Waals surface area contributed by atoms with E-state index in [2.05, 4.69) is 15.3 Å². The highest BCUT2D eigenvalue weighted by Crippen LogP contribution is 2.10. The normalized spacial score (nSPS) is 12.3. The topological polar surface area (TPSA) is 75.1 Å². The van der Waals surface area contributed by atoms with Crippen LogP contribution in [0.5, 0.6) is 0 Å². The molecule has 0 saturated heterocycles. The summed E-state index contributed by atoms with van der Waals surface area (Å²) in [4.78, 5) is 19.4. The molecule has 0 bridgehead atoms. The van der Waals surface area contributed by atoms with E-state index in [0.29, 0.717) is 10.7 Å². The fourth-order valence-corrected chi connectivity index (χ4v) is 1.83. The molecule has 0 aromatic carbocycles. The zero-order chi connectivity index (χ0) is 15.1. The molecule has 0 aliphatic rings. The van der Waals surface area contributed by atoms with Gasteiger partial charge in [0, 0.05) is 31.2 Å². The lowest BCUT2D eigenvalue weighted by Gasteiger charge is -2.10. The number of hydrogen-bond donors (Lipinski definition) is 2. The lowest BCUT2D eigenvalue weighted by atomic mass is 10.1. The molecule has 1 unspecified atom stereocenters. The van der Waals surface area contributed by atoms with Crippen LogP contribution < -0.4 is 5.32 Å². The van der Waals surface area contributed by atoms with Gasteiger partial charge in [0.05, 0.1) is 6.10 Å². The Morgan fingerprint density at radius 1 is 1.33 bits per heavy atom. The number of amides is 1. The minimum Gasteiger partial charge on any atom is -0.387 e. The van der Waals surface area contributed by atoms with E-state index >= 15 is 0 Å². The Kier molecular flexibility index (Phi) is 5.43. The molecular weight excluding hydrogens is 290 g/mol. The van der Waals surface area contributed by atoms with Gasteiger partial charge in [0.1, 0.15) is 5.15 Å². The molecule has 6 heteroatoms. The molecule has 0 spiro atoms. The predicted octanol–water partition coefficient (Wildman–Crippen LogP) is 1.99. The van der Waals surface area contributed by atoms with E-state index in [1.807, 2.05) is 0 Å². The van der Waals surface area contributed by atoms with Crippen molar-refractivity contribution in [1.82, 2.24) is 15.3 Å². The van der Waals surface area contributed by atoms with Crippen molar-refractivity contribution in [1.29, 1.82) is 0 Å². The molecule has 1 amide bonds. The SMILES string of the molecule is O=C(/C=C/c1ccnc(Cl)c1)NCC(O)c1ccncc1. The molecule has 21 heavy (non-hydrogen) atoms. The monoisotopic (exact) mass is 303 g/mol. The van der Waals surface area contributed by atoms with Gasteiger partial charge in [-0.15, -0.1) is 0 Å². The summed E-state index contributed by atoms with van der Waals surface area (Å²) >= 11 is 5.75. The number of carbonyl (C=O) groups is 1. The summed E-state index contributed by atoms with van der Waals surface area (Å²) in [6.45, 7) is 0.129. The summed E-state index contributed by atoms with van der Waals surface area (Å²) in [6.07, 6.45) is 6.99. The first-order valence-electron chi connectivity index (χ1n) is 6.30. The maximum atomic E-state index is 11.7. The Morgan fingerprint density at radius 2 is 2.10 bits per heavy atom. The Morgan fingerprint density at radius 3 is 2.81 bits per heavy atom. The first-order chi connectivity index (χ1) is 10.1. The fraction of sp³-hybridized carbons (Fsp3) is 0.133. The molecule has 2 aromatic heterocycles. The maximum Gasteiger partial charge on any atom is 0.244 e. The summed E-state index contributed by atoms with van der Waals surface area (Å²) in [5.74, 6) is -0.295. The van der Waals surface area contributed by atoms with Gasteiger partial charge in [-0.25, -0.2) is 4.98 Å². The highest BCUT2D eigenvalue weighted by Gasteiger charge is 2.07. The Bertz CT molecular complexity index is 632. The summed E-state index contributed by atoms with van der Waals surface area (Å²) < 4.78 is 0. The molecule has 1 atom stereocenters. The summed E-state index contributed by atoms with van der Waals surface area (Å²) in [7, 11) is 0. The third-order valence-electron chi connectivity index (χ3n) is 2.74. The van der Waals surface area contributed by atoms with Crippen LogP contribution in [0.15, 0.2) is 48.9 Å². The molecule has 2 aromatic rings. The average Bonchev–Trinajstić information content (AvgIpc) is 2.51. The van der Waals surface area contributed by atoms with E-state index in [1.54, 1.807) is 48.9 Å². The lowest BCUT2D eigenvalue weighted by Crippen LogP contribution is -2.26. The van der Waals surface area contributed by atoms with Crippen LogP contribution >= 0.6 is 11.6 Å². The molecule has 2 rings (SSSR count). The van der Waals surface area contributed by atoms with Crippen LogP contribution in [0, 0.1) is 0 Å². The minimum absolute atomic E-state index is 0.129. The minimum atomic E-state index is -0.763. The fourth-order valence-electron chi connectivity index (χ4n) is 1.65. The van der Waals surface area contributed by atoms with Crippen LogP contribution in [-0.2, 0) is 4.79 Å². The van der Waals surface area contributed by atoms with Crippen molar-refractivity contribution in [3.63, 3.8) is 0 Å². The molecule has 2 N–H and O–H groups in total. The van der Waals surface area contributed by atoms with E-state index in [0.717, 1.165) is 5.56 Å². The molecule has 0 aliphatic carbocycles. The molecule has 0 fully saturated rings. The molecule has 5 nitrogen and oxygen atoms in total. The summed E-state index contributed by atoms with van der Waals surface area (Å²) in [6, 6.07) is 6.79. The van der Waals surface area contributed by atoms with Gasteiger partial charge in [-0.05, 0) is 41.5 Å². The first kappa shape index (κ1) is 15.2. The van der Waals surface area contributed by atoms with Crippen LogP contribution in [0.1, 0.15) is 17.2 Å². The number of halogens is 1. The highest BCUT2D eigenvalue weighted by molar-refractivity contribution is 6.29. The predicted molar refractivity (Wildman–Crippen MR) is 80.5 cm³/mol. The Hall–Kier alpha value is -2.24. The van der Waals surface area contributed by atoms with Crippen LogP contribution in [0.2, 0.25) is 5.15 Å². The number of carbonyl (C=O) groups excluding carboxylic acids is 1. The Labute approximate surface area is 127 Å². The summed E-state index contributed by atoms with van der Waals surface area (Å²) in [5.41, 5.74) is 1.48. The number of nitrogens with zero attached hydrogens (tertiary/aromatic N) is 2. The van der Waals surface area contributed by atoms with Gasteiger partial charge in [-0.3, -0.25) is 9.78 Å². The number of aliphatic hydroxyl groups excluding tert-OH is 1. The van der Waals surface area contributed by atoms with Crippen LogP contribution in [0.25, 0.3) is 6.08 Å². The van der Waals surface area contributed by atoms with Crippen molar-refractivity contribution in [3.05, 3.63) is 65.2 Å². The molecule has 0 radical (unpaired) electrons. The standard InChI is InChI=1S/C15H14ClN3O2/c16-14-9-11(3-8-18-14)1-2-15(21)19-10-13(20)12-4-6-17-7-5-12/h1-9,13,20H,10H2,(H,19,21)/b2-1+. The van der Waals surface area contributed by atoms with Gasteiger partial charge >= 0.3 is 0 Å².